The van der Waals surface area contributed by atoms with Crippen molar-refractivity contribution in [2.75, 3.05) is 11.9 Å². The van der Waals surface area contributed by atoms with Gasteiger partial charge in [-0.15, -0.1) is 11.3 Å². The molecule has 1 N–H and O–H groups in total. The summed E-state index contributed by atoms with van der Waals surface area (Å²) in [5.74, 6) is 0.533. The topological polar surface area (TPSA) is 64.1 Å². The minimum absolute atomic E-state index is 0.229. The van der Waals surface area contributed by atoms with E-state index in [9.17, 15) is 4.79 Å². The van der Waals surface area contributed by atoms with Crippen LogP contribution >= 0.6 is 11.3 Å². The zero-order valence-corrected chi connectivity index (χ0v) is 14.8. The van der Waals surface area contributed by atoms with Crippen molar-refractivity contribution in [3.8, 4) is 17.0 Å². The van der Waals surface area contributed by atoms with Crippen LogP contribution in [0.1, 0.15) is 5.56 Å². The minimum atomic E-state index is -0.229. The minimum Gasteiger partial charge on any atom is -0.490 e. The predicted molar refractivity (Wildman–Crippen MR) is 105 cm³/mol. The SMILES string of the molecule is C=CCOc1ccc(/C=C\C(=O)Nc2nc(-c3ccncc3)cs2)cc1. The number of nitrogens with one attached hydrogen (secondary N) is 1. The fourth-order valence-corrected chi connectivity index (χ4v) is 2.86. The summed E-state index contributed by atoms with van der Waals surface area (Å²) in [6.07, 6.45) is 8.33. The lowest BCUT2D eigenvalue weighted by Gasteiger charge is -2.02. The highest BCUT2D eigenvalue weighted by molar-refractivity contribution is 7.14. The Balaban J connectivity index is 1.58. The summed E-state index contributed by atoms with van der Waals surface area (Å²) < 4.78 is 5.42. The molecule has 26 heavy (non-hydrogen) atoms. The Bertz CT molecular complexity index is 902. The number of benzene rings is 1. The fourth-order valence-electron chi connectivity index (χ4n) is 2.14. The van der Waals surface area contributed by atoms with Crippen LogP contribution in [0, 0.1) is 0 Å². The molecule has 5 nitrogen and oxygen atoms in total. The molecule has 0 saturated carbocycles. The van der Waals surface area contributed by atoms with Gasteiger partial charge in [-0.05, 0) is 35.9 Å². The van der Waals surface area contributed by atoms with Crippen LogP contribution in [0.5, 0.6) is 5.75 Å². The normalized spacial score (nSPS) is 10.6. The van der Waals surface area contributed by atoms with E-state index in [2.05, 4.69) is 21.9 Å². The van der Waals surface area contributed by atoms with Crippen LogP contribution < -0.4 is 10.1 Å². The molecule has 0 aliphatic heterocycles. The summed E-state index contributed by atoms with van der Waals surface area (Å²) in [7, 11) is 0. The molecule has 3 aromatic rings. The lowest BCUT2D eigenvalue weighted by molar-refractivity contribution is -0.111. The van der Waals surface area contributed by atoms with Crippen LogP contribution in [0.4, 0.5) is 5.13 Å². The van der Waals surface area contributed by atoms with Crippen LogP contribution in [0.2, 0.25) is 0 Å². The summed E-state index contributed by atoms with van der Waals surface area (Å²) in [6, 6.07) is 11.2. The molecule has 0 unspecified atom stereocenters. The number of hydrogen-bond donors (Lipinski definition) is 1. The molecule has 0 fully saturated rings. The van der Waals surface area contributed by atoms with E-state index in [1.807, 2.05) is 41.8 Å². The summed E-state index contributed by atoms with van der Waals surface area (Å²) in [5, 5.41) is 5.23. The Morgan fingerprint density at radius 2 is 1.96 bits per heavy atom. The number of aromatic nitrogens is 2. The van der Waals surface area contributed by atoms with Gasteiger partial charge in [-0.25, -0.2) is 4.98 Å². The van der Waals surface area contributed by atoms with E-state index in [1.165, 1.54) is 17.4 Å². The van der Waals surface area contributed by atoms with Crippen molar-refractivity contribution in [2.24, 2.45) is 0 Å². The van der Waals surface area contributed by atoms with Crippen LogP contribution in [-0.2, 0) is 4.79 Å². The molecule has 2 heterocycles. The maximum Gasteiger partial charge on any atom is 0.250 e. The Labute approximate surface area is 155 Å². The average Bonchev–Trinajstić information content (AvgIpc) is 3.14. The molecule has 1 aromatic carbocycles. The van der Waals surface area contributed by atoms with Gasteiger partial charge in [0, 0.05) is 29.4 Å². The number of ether oxygens (including phenoxy) is 1. The van der Waals surface area contributed by atoms with Crippen LogP contribution in [0.3, 0.4) is 0 Å². The monoisotopic (exact) mass is 363 g/mol. The van der Waals surface area contributed by atoms with E-state index >= 15 is 0 Å². The number of carbonyl (C=O) groups excluding carboxylic acids is 1. The summed E-state index contributed by atoms with van der Waals surface area (Å²) >= 11 is 1.38. The molecule has 1 amide bonds. The number of thiazole rings is 1. The third-order valence-corrected chi connectivity index (χ3v) is 4.14. The molecule has 6 heteroatoms. The second kappa shape index (κ2) is 8.73. The number of rotatable bonds is 7. The average molecular weight is 363 g/mol. The van der Waals surface area contributed by atoms with Crippen molar-refractivity contribution in [3.63, 3.8) is 0 Å². The molecule has 3 rings (SSSR count). The third-order valence-electron chi connectivity index (χ3n) is 3.39. The number of pyridine rings is 1. The lowest BCUT2D eigenvalue weighted by atomic mass is 10.2. The molecule has 0 spiro atoms. The van der Waals surface area contributed by atoms with Gasteiger partial charge in [0.15, 0.2) is 5.13 Å². The van der Waals surface area contributed by atoms with Gasteiger partial charge in [-0.1, -0.05) is 24.8 Å². The van der Waals surface area contributed by atoms with Gasteiger partial charge in [0.2, 0.25) is 5.91 Å². The predicted octanol–water partition coefficient (Wildman–Crippen LogP) is 4.42. The standard InChI is InChI=1S/C20H17N3O2S/c1-2-13-25-17-6-3-15(4-7-17)5-8-19(24)23-20-22-18(14-26-20)16-9-11-21-12-10-16/h2-12,14H,1,13H2,(H,22,23,24)/b8-5-. The van der Waals surface area contributed by atoms with Crippen molar-refractivity contribution in [2.45, 2.75) is 0 Å². The molecular formula is C20H17N3O2S. The van der Waals surface area contributed by atoms with Gasteiger partial charge < -0.3 is 4.74 Å². The molecule has 0 saturated heterocycles. The van der Waals surface area contributed by atoms with Crippen molar-refractivity contribution >= 4 is 28.5 Å². The van der Waals surface area contributed by atoms with Gasteiger partial charge in [0.05, 0.1) is 5.69 Å². The van der Waals surface area contributed by atoms with Gasteiger partial charge in [-0.3, -0.25) is 15.1 Å². The number of carbonyl (C=O) groups is 1. The zero-order chi connectivity index (χ0) is 18.2. The Kier molecular flexibility index (Phi) is 5.90. The van der Waals surface area contributed by atoms with Gasteiger partial charge in [-0.2, -0.15) is 0 Å². The van der Waals surface area contributed by atoms with Crippen LogP contribution in [-0.4, -0.2) is 22.5 Å². The molecule has 2 aromatic heterocycles. The lowest BCUT2D eigenvalue weighted by Crippen LogP contribution is -2.07. The third kappa shape index (κ3) is 4.87. The first-order valence-electron chi connectivity index (χ1n) is 7.93. The molecule has 0 radical (unpaired) electrons. The summed E-state index contributed by atoms with van der Waals surface area (Å²) in [4.78, 5) is 20.5. The number of amides is 1. The van der Waals surface area contributed by atoms with Crippen LogP contribution in [0.25, 0.3) is 17.3 Å². The van der Waals surface area contributed by atoms with E-state index in [0.717, 1.165) is 22.6 Å². The summed E-state index contributed by atoms with van der Waals surface area (Å²) in [6.45, 7) is 4.07. The number of nitrogens with zero attached hydrogens (tertiary/aromatic N) is 2. The van der Waals surface area contributed by atoms with E-state index in [4.69, 9.17) is 4.74 Å². The molecule has 0 bridgehead atoms. The van der Waals surface area contributed by atoms with E-state index < -0.39 is 0 Å². The number of anilines is 1. The van der Waals surface area contributed by atoms with E-state index in [0.29, 0.717) is 11.7 Å². The maximum atomic E-state index is 12.1. The number of hydrogen-bond acceptors (Lipinski definition) is 5. The second-order valence-corrected chi connectivity index (χ2v) is 6.12. The summed E-state index contributed by atoms with van der Waals surface area (Å²) in [5.41, 5.74) is 2.68. The quantitative estimate of drug-likeness (QED) is 0.498. The van der Waals surface area contributed by atoms with Crippen molar-refractivity contribution in [1.29, 1.82) is 0 Å². The molecule has 130 valence electrons. The largest absolute Gasteiger partial charge is 0.490 e. The first kappa shape index (κ1) is 17.6. The molecule has 0 atom stereocenters. The smallest absolute Gasteiger partial charge is 0.250 e. The van der Waals surface area contributed by atoms with E-state index in [-0.39, 0.29) is 5.91 Å². The van der Waals surface area contributed by atoms with Crippen molar-refractivity contribution in [1.82, 2.24) is 9.97 Å². The first-order chi connectivity index (χ1) is 12.7. The van der Waals surface area contributed by atoms with E-state index in [1.54, 1.807) is 24.5 Å². The first-order valence-corrected chi connectivity index (χ1v) is 8.81. The molecule has 0 aliphatic rings. The van der Waals surface area contributed by atoms with Gasteiger partial charge in [0.1, 0.15) is 12.4 Å². The van der Waals surface area contributed by atoms with Crippen molar-refractivity contribution in [3.05, 3.63) is 78.5 Å². The highest BCUT2D eigenvalue weighted by Crippen LogP contribution is 2.24. The molecule has 0 aliphatic carbocycles. The highest BCUT2D eigenvalue weighted by atomic mass is 32.1. The van der Waals surface area contributed by atoms with Crippen molar-refractivity contribution < 1.29 is 9.53 Å². The maximum absolute atomic E-state index is 12.1. The van der Waals surface area contributed by atoms with Gasteiger partial charge in [0.25, 0.3) is 0 Å². The highest BCUT2D eigenvalue weighted by Gasteiger charge is 2.06. The molecular weight excluding hydrogens is 346 g/mol. The Hall–Kier alpha value is -3.25. The Morgan fingerprint density at radius 1 is 1.19 bits per heavy atom. The van der Waals surface area contributed by atoms with Gasteiger partial charge >= 0.3 is 0 Å². The second-order valence-electron chi connectivity index (χ2n) is 5.27. The Morgan fingerprint density at radius 3 is 2.69 bits per heavy atom. The van der Waals surface area contributed by atoms with Crippen LogP contribution in [0.15, 0.2) is 72.9 Å². The fraction of sp³-hybridized carbons (Fsp3) is 0.0500. The zero-order valence-electron chi connectivity index (χ0n) is 14.0.